The predicted octanol–water partition coefficient (Wildman–Crippen LogP) is 6.39. The third-order valence-corrected chi connectivity index (χ3v) is 6.86. The van der Waals surface area contributed by atoms with Gasteiger partial charge < -0.3 is 0 Å². The van der Waals surface area contributed by atoms with E-state index >= 15 is 0 Å². The van der Waals surface area contributed by atoms with Crippen LogP contribution in [-0.2, 0) is 0 Å². The van der Waals surface area contributed by atoms with Gasteiger partial charge in [0.25, 0.3) is 0 Å². The van der Waals surface area contributed by atoms with Gasteiger partial charge in [-0.25, -0.2) is 4.75 Å². The van der Waals surface area contributed by atoms with Crippen molar-refractivity contribution < 1.29 is 0 Å². The van der Waals surface area contributed by atoms with E-state index in [0.717, 1.165) is 13.9 Å². The molecule has 0 saturated heterocycles. The second kappa shape index (κ2) is 8.34. The Morgan fingerprint density at radius 2 is 1.39 bits per heavy atom. The molecule has 102 valence electrons. The highest BCUT2D eigenvalue weighted by molar-refractivity contribution is 7.89. The largest absolute Gasteiger partial charge is 0.240 e. The molecule has 1 aliphatic carbocycles. The summed E-state index contributed by atoms with van der Waals surface area (Å²) >= 11 is 0. The first kappa shape index (κ1) is 14.5. The first-order chi connectivity index (χ1) is 8.88. The minimum absolute atomic E-state index is 0.798. The number of aryl methyl sites for hydroxylation is 1. The van der Waals surface area contributed by atoms with Gasteiger partial charge in [0.05, 0.1) is 5.69 Å². The number of hydrogen-bond donors (Lipinski definition) is 0. The lowest BCUT2D eigenvalue weighted by atomic mass is 9.90. The average Bonchev–Trinajstić information content (AvgIpc) is 2.76. The van der Waals surface area contributed by atoms with Gasteiger partial charge >= 0.3 is 0 Å². The number of aromatic nitrogens is 1. The zero-order valence-electron chi connectivity index (χ0n) is 11.7. The highest BCUT2D eigenvalue weighted by Crippen LogP contribution is 2.36. The molecule has 1 fully saturated rings. The molecule has 1 atom stereocenters. The van der Waals surface area contributed by atoms with Gasteiger partial charge in [-0.15, -0.1) is 0 Å². The summed E-state index contributed by atoms with van der Waals surface area (Å²) in [6.45, 7) is 2.30. The third-order valence-electron chi connectivity index (χ3n) is 4.25. The van der Waals surface area contributed by atoms with Gasteiger partial charge in [-0.2, -0.15) is 0 Å². The van der Waals surface area contributed by atoms with Crippen molar-refractivity contribution in [2.24, 2.45) is 0 Å². The van der Waals surface area contributed by atoms with Crippen LogP contribution < -0.4 is 0 Å². The van der Waals surface area contributed by atoms with Crippen LogP contribution in [0.3, 0.4) is 0 Å². The lowest BCUT2D eigenvalue weighted by molar-refractivity contribution is 0.463. The van der Waals surface area contributed by atoms with E-state index in [1.54, 1.807) is 5.30 Å². The summed E-state index contributed by atoms with van der Waals surface area (Å²) in [6.07, 6.45) is 15.9. The number of hydrogen-bond acceptors (Lipinski definition) is 1. The summed E-state index contributed by atoms with van der Waals surface area (Å²) in [5.41, 5.74) is 1.51. The Morgan fingerprint density at radius 1 is 0.889 bits per heavy atom. The molecule has 0 amide bonds. The van der Waals surface area contributed by atoms with E-state index in [4.69, 9.17) is 4.75 Å². The van der Waals surface area contributed by atoms with Crippen LogP contribution in [0.4, 0.5) is 0 Å². The lowest BCUT2D eigenvalue weighted by Gasteiger charge is -2.17. The van der Waals surface area contributed by atoms with Crippen LogP contribution in [0.1, 0.15) is 87.5 Å². The molecule has 1 aliphatic rings. The van der Waals surface area contributed by atoms with Crippen LogP contribution in [0.25, 0.3) is 0 Å². The summed E-state index contributed by atoms with van der Waals surface area (Å²) in [5, 5.41) is 1.57. The first-order valence-corrected chi connectivity index (χ1v) is 10.4. The van der Waals surface area contributed by atoms with Crippen LogP contribution in [-0.4, -0.2) is 4.75 Å². The Morgan fingerprint density at radius 3 is 1.83 bits per heavy atom. The molecule has 1 heterocycles. The maximum atomic E-state index is 4.80. The summed E-state index contributed by atoms with van der Waals surface area (Å²) in [5.74, 6) is 0.798. The highest BCUT2D eigenvalue weighted by atomic mass is 31.8. The zero-order valence-corrected chi connectivity index (χ0v) is 13.6. The first-order valence-electron chi connectivity index (χ1n) is 7.75. The zero-order chi connectivity index (χ0) is 12.6. The molecule has 1 nitrogen and oxygen atoms in total. The minimum Gasteiger partial charge on any atom is -0.240 e. The van der Waals surface area contributed by atoms with Crippen LogP contribution in [0, 0.1) is 6.92 Å². The van der Waals surface area contributed by atoms with Crippen molar-refractivity contribution in [3.63, 3.8) is 0 Å². The van der Waals surface area contributed by atoms with Crippen molar-refractivity contribution >= 4 is 15.9 Å². The molecule has 0 aromatic carbocycles. The second-order valence-electron chi connectivity index (χ2n) is 5.75. The molecule has 1 saturated carbocycles. The Kier molecular flexibility index (Phi) is 6.74. The number of rotatable bonds is 1. The predicted molar refractivity (Wildman–Crippen MR) is 84.5 cm³/mol. The molecule has 3 heteroatoms. The van der Waals surface area contributed by atoms with Crippen molar-refractivity contribution in [3.05, 3.63) is 11.0 Å². The summed E-state index contributed by atoms with van der Waals surface area (Å²) in [6, 6.07) is 0. The summed E-state index contributed by atoms with van der Waals surface area (Å²) < 4.78 is 4.80. The van der Waals surface area contributed by atoms with E-state index in [1.807, 2.05) is 0 Å². The molecular weight excluding hydrogens is 256 g/mol. The quantitative estimate of drug-likeness (QED) is 0.582. The molecule has 18 heavy (non-hydrogen) atoms. The van der Waals surface area contributed by atoms with Crippen molar-refractivity contribution in [1.29, 1.82) is 0 Å². The minimum atomic E-state index is 0.798. The normalized spacial score (nSPS) is 22.1. The van der Waals surface area contributed by atoms with Gasteiger partial charge in [0, 0.05) is 11.2 Å². The van der Waals surface area contributed by atoms with E-state index in [-0.39, 0.29) is 0 Å². The van der Waals surface area contributed by atoms with Crippen LogP contribution >= 0.6 is 15.9 Å². The van der Waals surface area contributed by atoms with Crippen LogP contribution in [0.2, 0.25) is 0 Å². The Labute approximate surface area is 115 Å². The molecule has 1 aromatic heterocycles. The summed E-state index contributed by atoms with van der Waals surface area (Å²) in [4.78, 5) is 0. The fourth-order valence-corrected chi connectivity index (χ4v) is 5.48. The SMILES string of the molecule is Cc1p[pH]nc1C1CCCCCCCCCCC1. The Hall–Kier alpha value is 0.140. The average molecular weight is 283 g/mol. The van der Waals surface area contributed by atoms with E-state index in [0.29, 0.717) is 0 Å². The molecule has 2 rings (SSSR count). The molecule has 0 bridgehead atoms. The van der Waals surface area contributed by atoms with Crippen molar-refractivity contribution in [2.45, 2.75) is 83.5 Å². The fourth-order valence-electron chi connectivity index (χ4n) is 3.12. The van der Waals surface area contributed by atoms with Crippen molar-refractivity contribution in [2.75, 3.05) is 0 Å². The van der Waals surface area contributed by atoms with Crippen molar-refractivity contribution in [3.8, 4) is 0 Å². The molecule has 0 N–H and O–H groups in total. The topological polar surface area (TPSA) is 12.9 Å². The third kappa shape index (κ3) is 4.67. The summed E-state index contributed by atoms with van der Waals surface area (Å²) in [7, 11) is 2.30. The highest BCUT2D eigenvalue weighted by Gasteiger charge is 2.16. The smallest absolute Gasteiger partial charge is 0.0554 e. The molecular formula is C15H27NP2. The molecule has 0 spiro atoms. The standard InChI is InChI=1S/C15H27NP2/c1-13-15(16-18-17-13)14-11-9-7-5-3-2-4-6-8-10-12-14/h14,18H,2-12H2,1H3. The van der Waals surface area contributed by atoms with Gasteiger partial charge in [0.2, 0.25) is 0 Å². The van der Waals surface area contributed by atoms with E-state index in [9.17, 15) is 0 Å². The van der Waals surface area contributed by atoms with Crippen LogP contribution in [0.5, 0.6) is 0 Å². The van der Waals surface area contributed by atoms with Gasteiger partial charge in [-0.05, 0) is 35.7 Å². The molecule has 0 radical (unpaired) electrons. The van der Waals surface area contributed by atoms with Gasteiger partial charge in [0.15, 0.2) is 0 Å². The van der Waals surface area contributed by atoms with E-state index < -0.39 is 0 Å². The van der Waals surface area contributed by atoms with Gasteiger partial charge in [-0.1, -0.05) is 57.8 Å². The molecule has 1 aromatic rings. The maximum absolute atomic E-state index is 4.80. The Bertz CT molecular complexity index is 323. The second-order valence-corrected chi connectivity index (χ2v) is 8.34. The van der Waals surface area contributed by atoms with Crippen LogP contribution in [0.15, 0.2) is 0 Å². The van der Waals surface area contributed by atoms with E-state index in [2.05, 4.69) is 6.92 Å². The number of nitrogens with zero attached hydrogens (tertiary/aromatic N) is 1. The fraction of sp³-hybridized carbons (Fsp3) is 0.867. The van der Waals surface area contributed by atoms with Gasteiger partial charge in [-0.3, -0.25) is 0 Å². The monoisotopic (exact) mass is 283 g/mol. The van der Waals surface area contributed by atoms with E-state index in [1.165, 1.54) is 84.2 Å². The van der Waals surface area contributed by atoms with Gasteiger partial charge in [0.1, 0.15) is 0 Å². The van der Waals surface area contributed by atoms with Crippen molar-refractivity contribution in [1.82, 2.24) is 4.75 Å². The Balaban J connectivity index is 1.91. The molecule has 0 aliphatic heterocycles. The maximum Gasteiger partial charge on any atom is 0.0554 e. The lowest BCUT2D eigenvalue weighted by Crippen LogP contribution is -2.02. The molecule has 1 unspecified atom stereocenters.